The lowest BCUT2D eigenvalue weighted by atomic mass is 10.1. The van der Waals surface area contributed by atoms with E-state index in [9.17, 15) is 8.42 Å². The highest BCUT2D eigenvalue weighted by Crippen LogP contribution is 2.23. The summed E-state index contributed by atoms with van der Waals surface area (Å²) in [7, 11) is -1.91. The van der Waals surface area contributed by atoms with Gasteiger partial charge < -0.3 is 4.74 Å². The summed E-state index contributed by atoms with van der Waals surface area (Å²) in [5.41, 5.74) is 6.40. The van der Waals surface area contributed by atoms with Gasteiger partial charge in [0.15, 0.2) is 0 Å². The van der Waals surface area contributed by atoms with Crippen LogP contribution in [0.3, 0.4) is 0 Å². The van der Waals surface area contributed by atoms with Crippen LogP contribution in [-0.4, -0.2) is 21.2 Å². The number of aryl methyl sites for hydroxylation is 1. The molecule has 0 saturated carbocycles. The first kappa shape index (κ1) is 19.6. The first-order chi connectivity index (χ1) is 13.4. The van der Waals surface area contributed by atoms with E-state index in [-0.39, 0.29) is 9.79 Å². The molecular formula is C22H22N2O3S. The number of nitrogens with one attached hydrogen (secondary N) is 1. The molecule has 0 radical (unpaired) electrons. The quantitative estimate of drug-likeness (QED) is 0.487. The Hall–Kier alpha value is -3.12. The zero-order chi connectivity index (χ0) is 20.1. The second-order valence-electron chi connectivity index (χ2n) is 6.38. The Bertz CT molecular complexity index is 1090. The largest absolute Gasteiger partial charge is 0.497 e. The van der Waals surface area contributed by atoms with Gasteiger partial charge in [0.05, 0.1) is 28.3 Å². The summed E-state index contributed by atoms with van der Waals surface area (Å²) < 4.78 is 30.6. The van der Waals surface area contributed by atoms with Crippen LogP contribution in [0.1, 0.15) is 18.1 Å². The number of methoxy groups -OCH3 is 1. The molecule has 0 bridgehead atoms. The summed E-state index contributed by atoms with van der Waals surface area (Å²) in [6.45, 7) is 3.81. The Kier molecular flexibility index (Phi) is 5.80. The van der Waals surface area contributed by atoms with E-state index < -0.39 is 9.84 Å². The van der Waals surface area contributed by atoms with E-state index in [0.717, 1.165) is 22.6 Å². The molecule has 3 rings (SSSR count). The molecule has 0 amide bonds. The topological polar surface area (TPSA) is 67.8 Å². The van der Waals surface area contributed by atoms with Gasteiger partial charge in [0, 0.05) is 5.56 Å². The van der Waals surface area contributed by atoms with Crippen LogP contribution in [0.4, 0.5) is 5.69 Å². The predicted molar refractivity (Wildman–Crippen MR) is 112 cm³/mol. The molecular weight excluding hydrogens is 372 g/mol. The van der Waals surface area contributed by atoms with Crippen molar-refractivity contribution in [3.8, 4) is 5.75 Å². The van der Waals surface area contributed by atoms with Crippen LogP contribution in [0.5, 0.6) is 5.75 Å². The third-order valence-corrected chi connectivity index (χ3v) is 6.12. The number of nitrogens with zero attached hydrogens (tertiary/aromatic N) is 1. The van der Waals surface area contributed by atoms with Gasteiger partial charge in [-0.2, -0.15) is 5.10 Å². The van der Waals surface area contributed by atoms with Crippen LogP contribution in [-0.2, 0) is 9.84 Å². The fourth-order valence-corrected chi connectivity index (χ4v) is 3.88. The molecule has 0 spiro atoms. The Morgan fingerprint density at radius 2 is 1.54 bits per heavy atom. The van der Waals surface area contributed by atoms with E-state index in [1.807, 2.05) is 38.1 Å². The fraction of sp³-hybridized carbons (Fsp3) is 0.136. The highest BCUT2D eigenvalue weighted by molar-refractivity contribution is 7.91. The summed E-state index contributed by atoms with van der Waals surface area (Å²) in [6, 6.07) is 21.0. The first-order valence-corrected chi connectivity index (χ1v) is 10.2. The van der Waals surface area contributed by atoms with Crippen molar-refractivity contribution in [1.29, 1.82) is 0 Å². The minimum atomic E-state index is -3.53. The maximum atomic E-state index is 12.7. The molecule has 0 heterocycles. The van der Waals surface area contributed by atoms with Gasteiger partial charge in [0.2, 0.25) is 9.84 Å². The average Bonchev–Trinajstić information content (AvgIpc) is 2.72. The third kappa shape index (κ3) is 4.40. The number of hydrogen-bond acceptors (Lipinski definition) is 5. The fourth-order valence-electron chi connectivity index (χ4n) is 2.62. The van der Waals surface area contributed by atoms with Crippen LogP contribution in [0.25, 0.3) is 0 Å². The van der Waals surface area contributed by atoms with Crippen molar-refractivity contribution in [2.45, 2.75) is 23.6 Å². The molecule has 0 aliphatic carbocycles. The van der Waals surface area contributed by atoms with Crippen molar-refractivity contribution < 1.29 is 13.2 Å². The first-order valence-electron chi connectivity index (χ1n) is 8.77. The van der Waals surface area contributed by atoms with Crippen molar-refractivity contribution >= 4 is 21.2 Å². The lowest BCUT2D eigenvalue weighted by Crippen LogP contribution is -2.03. The number of sulfone groups is 1. The molecule has 0 unspecified atom stereocenters. The number of ether oxygens (including phenoxy) is 1. The molecule has 6 heteroatoms. The zero-order valence-electron chi connectivity index (χ0n) is 16.0. The van der Waals surface area contributed by atoms with Gasteiger partial charge in [-0.25, -0.2) is 8.42 Å². The molecule has 0 saturated heterocycles. The normalized spacial score (nSPS) is 11.9. The van der Waals surface area contributed by atoms with Gasteiger partial charge in [-0.3, -0.25) is 5.43 Å². The Morgan fingerprint density at radius 1 is 0.929 bits per heavy atom. The SMILES string of the molecule is COc1cccc(/C(C)=N\Nc2ccc(S(=O)(=O)c3ccc(C)cc3)cc2)c1. The van der Waals surface area contributed by atoms with Crippen LogP contribution in [0.15, 0.2) is 87.7 Å². The van der Waals surface area contributed by atoms with Crippen LogP contribution >= 0.6 is 0 Å². The number of hydrazone groups is 1. The standard InChI is InChI=1S/C22H22N2O3S/c1-16-7-11-21(12-8-16)28(25,26)22-13-9-19(10-14-22)24-23-17(2)18-5-4-6-20(15-18)27-3/h4-15,24H,1-3H3/b23-17-. The predicted octanol–water partition coefficient (Wildman–Crippen LogP) is 4.67. The third-order valence-electron chi connectivity index (χ3n) is 4.34. The second kappa shape index (κ2) is 8.27. The summed E-state index contributed by atoms with van der Waals surface area (Å²) in [5, 5.41) is 4.36. The van der Waals surface area contributed by atoms with Crippen LogP contribution in [0, 0.1) is 6.92 Å². The van der Waals surface area contributed by atoms with Crippen LogP contribution < -0.4 is 10.2 Å². The van der Waals surface area contributed by atoms with Gasteiger partial charge in [0.1, 0.15) is 5.75 Å². The number of benzene rings is 3. The van der Waals surface area contributed by atoms with Crippen molar-refractivity contribution in [2.75, 3.05) is 12.5 Å². The molecule has 0 aliphatic rings. The van der Waals surface area contributed by atoms with Gasteiger partial charge in [-0.1, -0.05) is 29.8 Å². The highest BCUT2D eigenvalue weighted by atomic mass is 32.2. The molecule has 0 aliphatic heterocycles. The van der Waals surface area contributed by atoms with E-state index in [2.05, 4.69) is 10.5 Å². The van der Waals surface area contributed by atoms with E-state index in [1.165, 1.54) is 0 Å². The van der Waals surface area contributed by atoms with Crippen molar-refractivity contribution in [3.63, 3.8) is 0 Å². The minimum Gasteiger partial charge on any atom is -0.497 e. The second-order valence-corrected chi connectivity index (χ2v) is 8.33. The summed E-state index contributed by atoms with van der Waals surface area (Å²) >= 11 is 0. The monoisotopic (exact) mass is 394 g/mol. The molecule has 1 N–H and O–H groups in total. The van der Waals surface area contributed by atoms with Gasteiger partial charge in [-0.15, -0.1) is 0 Å². The minimum absolute atomic E-state index is 0.246. The van der Waals surface area contributed by atoms with E-state index in [0.29, 0.717) is 5.69 Å². The van der Waals surface area contributed by atoms with Crippen molar-refractivity contribution in [1.82, 2.24) is 0 Å². The van der Waals surface area contributed by atoms with Crippen molar-refractivity contribution in [3.05, 3.63) is 83.9 Å². The van der Waals surface area contributed by atoms with Gasteiger partial charge in [0.25, 0.3) is 0 Å². The summed E-state index contributed by atoms with van der Waals surface area (Å²) in [4.78, 5) is 0.529. The zero-order valence-corrected chi connectivity index (χ0v) is 16.8. The number of hydrogen-bond donors (Lipinski definition) is 1. The average molecular weight is 394 g/mol. The highest BCUT2D eigenvalue weighted by Gasteiger charge is 2.17. The molecule has 3 aromatic carbocycles. The Morgan fingerprint density at radius 3 is 2.14 bits per heavy atom. The molecule has 3 aromatic rings. The number of anilines is 1. The Labute approximate surface area is 165 Å². The summed E-state index contributed by atoms with van der Waals surface area (Å²) in [6.07, 6.45) is 0. The lowest BCUT2D eigenvalue weighted by molar-refractivity contribution is 0.414. The van der Waals surface area contributed by atoms with E-state index >= 15 is 0 Å². The maximum absolute atomic E-state index is 12.7. The lowest BCUT2D eigenvalue weighted by Gasteiger charge is -2.08. The van der Waals surface area contributed by atoms with E-state index in [1.54, 1.807) is 55.6 Å². The van der Waals surface area contributed by atoms with Gasteiger partial charge in [-0.05, 0) is 62.4 Å². The smallest absolute Gasteiger partial charge is 0.206 e. The van der Waals surface area contributed by atoms with Crippen LogP contribution in [0.2, 0.25) is 0 Å². The van der Waals surface area contributed by atoms with Gasteiger partial charge >= 0.3 is 0 Å². The molecule has 144 valence electrons. The number of rotatable bonds is 6. The molecule has 5 nitrogen and oxygen atoms in total. The molecule has 0 aromatic heterocycles. The van der Waals surface area contributed by atoms with Crippen molar-refractivity contribution in [2.24, 2.45) is 5.10 Å². The van der Waals surface area contributed by atoms with E-state index in [4.69, 9.17) is 4.74 Å². The summed E-state index contributed by atoms with van der Waals surface area (Å²) in [5.74, 6) is 0.762. The molecule has 28 heavy (non-hydrogen) atoms. The Balaban J connectivity index is 1.76. The maximum Gasteiger partial charge on any atom is 0.206 e. The molecule has 0 atom stereocenters. The molecule has 0 fully saturated rings.